The summed E-state index contributed by atoms with van der Waals surface area (Å²) in [7, 11) is 1.52. The number of hydrogen-bond acceptors (Lipinski definition) is 4. The minimum atomic E-state index is -3.69. The fourth-order valence-corrected chi connectivity index (χ4v) is 2.35. The first-order valence-corrected chi connectivity index (χ1v) is 8.33. The topological polar surface area (TPSA) is 56.3 Å². The third-order valence-corrected chi connectivity index (χ3v) is 4.12. The molecule has 0 spiro atoms. The molecule has 0 saturated heterocycles. The molecule has 19 heavy (non-hydrogen) atoms. The number of benzene rings is 1. The minimum absolute atomic E-state index is 0.0447. The van der Waals surface area contributed by atoms with Crippen LogP contribution in [0.3, 0.4) is 0 Å². The summed E-state index contributed by atoms with van der Waals surface area (Å²) < 4.78 is 28.5. The second-order valence-corrected chi connectivity index (χ2v) is 7.15. The smallest absolute Gasteiger partial charge is 0.261 e. The summed E-state index contributed by atoms with van der Waals surface area (Å²) in [5.74, 6) is 0.550. The number of hydrogen-bond donors (Lipinski definition) is 0. The molecule has 1 heterocycles. The van der Waals surface area contributed by atoms with Gasteiger partial charge in [0.2, 0.25) is 0 Å². The van der Waals surface area contributed by atoms with Crippen LogP contribution in [0.1, 0.15) is 5.69 Å². The van der Waals surface area contributed by atoms with Crippen LogP contribution in [0.5, 0.6) is 5.75 Å². The van der Waals surface area contributed by atoms with Gasteiger partial charge in [-0.05, 0) is 52.3 Å². The van der Waals surface area contributed by atoms with Crippen molar-refractivity contribution < 1.29 is 13.2 Å². The molecule has 100 valence electrons. The molecule has 0 aliphatic rings. The highest BCUT2D eigenvalue weighted by molar-refractivity contribution is 9.10. The van der Waals surface area contributed by atoms with E-state index in [-0.39, 0.29) is 4.90 Å². The Labute approximate surface area is 123 Å². The number of nitrogens with zero attached hydrogens (tertiary/aromatic N) is 1. The van der Waals surface area contributed by atoms with Crippen LogP contribution in [0.25, 0.3) is 0 Å². The van der Waals surface area contributed by atoms with Crippen LogP contribution in [-0.2, 0) is 15.7 Å². The van der Waals surface area contributed by atoms with Crippen molar-refractivity contribution in [3.8, 4) is 5.75 Å². The molecule has 0 saturated carbocycles. The van der Waals surface area contributed by atoms with Gasteiger partial charge >= 0.3 is 0 Å². The second kappa shape index (κ2) is 5.90. The standard InChI is InChI=1S/C12H9BrClNO3S/c13-9-1-2-10(15-7-9)8-18-11-3-5-12(6-4-11)19(14,16)17/h1-7H,8H2. The Morgan fingerprint density at radius 3 is 2.37 bits per heavy atom. The molecule has 0 atom stereocenters. The highest BCUT2D eigenvalue weighted by Crippen LogP contribution is 2.19. The molecule has 0 amide bonds. The lowest BCUT2D eigenvalue weighted by molar-refractivity contribution is 0.301. The summed E-state index contributed by atoms with van der Waals surface area (Å²) >= 11 is 3.30. The fourth-order valence-electron chi connectivity index (χ4n) is 1.35. The van der Waals surface area contributed by atoms with E-state index < -0.39 is 9.05 Å². The average Bonchev–Trinajstić information content (AvgIpc) is 2.37. The first-order valence-electron chi connectivity index (χ1n) is 5.23. The molecule has 0 fully saturated rings. The number of ether oxygens (including phenoxy) is 1. The monoisotopic (exact) mass is 361 g/mol. The molecule has 4 nitrogen and oxygen atoms in total. The average molecular weight is 363 g/mol. The third-order valence-electron chi connectivity index (χ3n) is 2.28. The van der Waals surface area contributed by atoms with E-state index in [9.17, 15) is 8.42 Å². The molecular weight excluding hydrogens is 354 g/mol. The molecule has 7 heteroatoms. The molecule has 0 aliphatic heterocycles. The lowest BCUT2D eigenvalue weighted by Crippen LogP contribution is -1.98. The second-order valence-electron chi connectivity index (χ2n) is 3.67. The lowest BCUT2D eigenvalue weighted by Gasteiger charge is -2.06. The first kappa shape index (κ1) is 14.3. The molecule has 0 unspecified atom stereocenters. The number of halogens is 2. The van der Waals surface area contributed by atoms with Gasteiger partial charge in [0.25, 0.3) is 9.05 Å². The highest BCUT2D eigenvalue weighted by atomic mass is 79.9. The molecule has 0 radical (unpaired) electrons. The number of rotatable bonds is 4. The van der Waals surface area contributed by atoms with Gasteiger partial charge < -0.3 is 4.74 Å². The van der Waals surface area contributed by atoms with Gasteiger partial charge in [-0.25, -0.2) is 8.42 Å². The van der Waals surface area contributed by atoms with Crippen molar-refractivity contribution in [3.05, 3.63) is 52.8 Å². The molecule has 0 bridgehead atoms. The molecule has 0 aliphatic carbocycles. The zero-order chi connectivity index (χ0) is 13.9. The van der Waals surface area contributed by atoms with Crippen LogP contribution < -0.4 is 4.74 Å². The Balaban J connectivity index is 2.02. The van der Waals surface area contributed by atoms with Crippen molar-refractivity contribution in [2.75, 3.05) is 0 Å². The van der Waals surface area contributed by atoms with E-state index in [2.05, 4.69) is 20.9 Å². The van der Waals surface area contributed by atoms with Crippen molar-refractivity contribution in [1.29, 1.82) is 0 Å². The van der Waals surface area contributed by atoms with Gasteiger partial charge in [-0.3, -0.25) is 4.98 Å². The predicted octanol–water partition coefficient (Wildman–Crippen LogP) is 3.35. The van der Waals surface area contributed by atoms with Crippen molar-refractivity contribution >= 4 is 35.7 Å². The molecule has 2 aromatic rings. The van der Waals surface area contributed by atoms with E-state index in [4.69, 9.17) is 15.4 Å². The van der Waals surface area contributed by atoms with Crippen molar-refractivity contribution in [1.82, 2.24) is 4.98 Å². The summed E-state index contributed by atoms with van der Waals surface area (Å²) in [5.41, 5.74) is 0.775. The molecule has 1 aromatic heterocycles. The minimum Gasteiger partial charge on any atom is -0.487 e. The Morgan fingerprint density at radius 1 is 1.16 bits per heavy atom. The quantitative estimate of drug-likeness (QED) is 0.783. The van der Waals surface area contributed by atoms with E-state index in [1.54, 1.807) is 18.3 Å². The first-order chi connectivity index (χ1) is 8.95. The Hall–Kier alpha value is -1.11. The van der Waals surface area contributed by atoms with E-state index in [1.807, 2.05) is 12.1 Å². The maximum Gasteiger partial charge on any atom is 0.261 e. The summed E-state index contributed by atoms with van der Waals surface area (Å²) in [6.45, 7) is 0.306. The van der Waals surface area contributed by atoms with E-state index in [0.29, 0.717) is 12.4 Å². The molecule has 0 N–H and O–H groups in total. The Kier molecular flexibility index (Phi) is 4.44. The Bertz CT molecular complexity index is 656. The van der Waals surface area contributed by atoms with E-state index in [1.165, 1.54) is 12.1 Å². The van der Waals surface area contributed by atoms with Gasteiger partial charge in [0.15, 0.2) is 0 Å². The number of aromatic nitrogens is 1. The van der Waals surface area contributed by atoms with Gasteiger partial charge in [-0.15, -0.1) is 0 Å². The van der Waals surface area contributed by atoms with Crippen LogP contribution in [-0.4, -0.2) is 13.4 Å². The highest BCUT2D eigenvalue weighted by Gasteiger charge is 2.09. The van der Waals surface area contributed by atoms with Crippen molar-refractivity contribution in [2.45, 2.75) is 11.5 Å². The SMILES string of the molecule is O=S(=O)(Cl)c1ccc(OCc2ccc(Br)cn2)cc1. The van der Waals surface area contributed by atoms with Gasteiger partial charge in [0, 0.05) is 21.4 Å². The summed E-state index contributed by atoms with van der Waals surface area (Å²) in [6.07, 6.45) is 1.68. The number of pyridine rings is 1. The zero-order valence-corrected chi connectivity index (χ0v) is 12.7. The van der Waals surface area contributed by atoms with Crippen LogP contribution in [0, 0.1) is 0 Å². The molecular formula is C12H9BrClNO3S. The van der Waals surface area contributed by atoms with Crippen LogP contribution in [0.15, 0.2) is 52.0 Å². The predicted molar refractivity (Wildman–Crippen MR) is 75.7 cm³/mol. The largest absolute Gasteiger partial charge is 0.487 e. The summed E-state index contributed by atoms with van der Waals surface area (Å²) in [4.78, 5) is 4.21. The van der Waals surface area contributed by atoms with Crippen molar-refractivity contribution in [2.24, 2.45) is 0 Å². The van der Waals surface area contributed by atoms with Gasteiger partial charge in [0.05, 0.1) is 10.6 Å². The molecule has 1 aromatic carbocycles. The van der Waals surface area contributed by atoms with Crippen molar-refractivity contribution in [3.63, 3.8) is 0 Å². The maximum absolute atomic E-state index is 11.1. The van der Waals surface area contributed by atoms with Crippen LogP contribution in [0.2, 0.25) is 0 Å². The normalized spacial score (nSPS) is 11.3. The summed E-state index contributed by atoms with van der Waals surface area (Å²) in [5, 5.41) is 0. The van der Waals surface area contributed by atoms with E-state index in [0.717, 1.165) is 10.2 Å². The van der Waals surface area contributed by atoms with E-state index >= 15 is 0 Å². The zero-order valence-electron chi connectivity index (χ0n) is 9.58. The Morgan fingerprint density at radius 2 is 1.84 bits per heavy atom. The van der Waals surface area contributed by atoms with Crippen LogP contribution >= 0.6 is 26.6 Å². The maximum atomic E-state index is 11.1. The molecule has 2 rings (SSSR count). The van der Waals surface area contributed by atoms with Gasteiger partial charge in [0.1, 0.15) is 12.4 Å². The summed E-state index contributed by atoms with van der Waals surface area (Å²) in [6, 6.07) is 9.60. The third kappa shape index (κ3) is 4.19. The fraction of sp³-hybridized carbons (Fsp3) is 0.0833. The van der Waals surface area contributed by atoms with Crippen LogP contribution in [0.4, 0.5) is 0 Å². The van der Waals surface area contributed by atoms with Gasteiger partial charge in [-0.2, -0.15) is 0 Å². The lowest BCUT2D eigenvalue weighted by atomic mass is 10.3. The van der Waals surface area contributed by atoms with Gasteiger partial charge in [-0.1, -0.05) is 0 Å².